The molecule has 2 aromatic rings. The zero-order valence-electron chi connectivity index (χ0n) is 16.8. The van der Waals surface area contributed by atoms with Crippen molar-refractivity contribution in [2.75, 3.05) is 18.5 Å². The molecule has 4 rings (SSSR count). The van der Waals surface area contributed by atoms with Crippen LogP contribution < -0.4 is 5.32 Å². The van der Waals surface area contributed by atoms with Crippen molar-refractivity contribution in [1.29, 1.82) is 0 Å². The molecule has 2 aliphatic heterocycles. The van der Waals surface area contributed by atoms with Gasteiger partial charge in [-0.3, -0.25) is 4.79 Å². The van der Waals surface area contributed by atoms with Crippen molar-refractivity contribution in [3.63, 3.8) is 0 Å². The van der Waals surface area contributed by atoms with Gasteiger partial charge in [0.25, 0.3) is 0 Å². The third kappa shape index (κ3) is 4.21. The topological polar surface area (TPSA) is 69.0 Å². The van der Waals surface area contributed by atoms with Gasteiger partial charge in [0.1, 0.15) is 11.6 Å². The second-order valence-corrected chi connectivity index (χ2v) is 8.00. The fraction of sp³-hybridized carbons (Fsp3) is 0.571. The third-order valence-corrected chi connectivity index (χ3v) is 6.13. The number of hydrogen-bond donors (Lipinski definition) is 1. The van der Waals surface area contributed by atoms with Crippen LogP contribution in [0, 0.1) is 12.8 Å². The Kier molecular flexibility index (Phi) is 5.81. The first-order chi connectivity index (χ1) is 14.3. The minimum absolute atomic E-state index is 0.0332. The van der Waals surface area contributed by atoms with Crippen molar-refractivity contribution in [2.24, 2.45) is 5.92 Å². The number of aryl methyl sites for hydroxylation is 1. The molecule has 1 aromatic carbocycles. The number of amides is 1. The average molecular weight is 422 g/mol. The summed E-state index contributed by atoms with van der Waals surface area (Å²) in [4.78, 5) is 12.8. The Labute approximate surface area is 172 Å². The quantitative estimate of drug-likeness (QED) is 0.809. The van der Waals surface area contributed by atoms with Gasteiger partial charge in [-0.2, -0.15) is 13.2 Å². The molecule has 0 bridgehead atoms. The van der Waals surface area contributed by atoms with Gasteiger partial charge < -0.3 is 14.6 Å². The molecule has 6 nitrogen and oxygen atoms in total. The van der Waals surface area contributed by atoms with E-state index in [1.807, 2.05) is 0 Å². The Morgan fingerprint density at radius 1 is 1.17 bits per heavy atom. The molecule has 30 heavy (non-hydrogen) atoms. The van der Waals surface area contributed by atoms with Crippen LogP contribution in [0.3, 0.4) is 0 Å². The second kappa shape index (κ2) is 8.37. The molecule has 162 valence electrons. The number of aromatic nitrogens is 3. The summed E-state index contributed by atoms with van der Waals surface area (Å²) in [5, 5.41) is 11.4. The van der Waals surface area contributed by atoms with Gasteiger partial charge in [-0.15, -0.1) is 10.2 Å². The molecule has 1 atom stereocenters. The number of anilines is 1. The number of fused-ring (bicyclic) bond motifs is 1. The number of benzene rings is 1. The summed E-state index contributed by atoms with van der Waals surface area (Å²) in [5.74, 6) is 1.62. The molecule has 9 heteroatoms. The van der Waals surface area contributed by atoms with Crippen LogP contribution in [0.4, 0.5) is 18.9 Å². The molecule has 1 amide bonds. The van der Waals surface area contributed by atoms with Crippen LogP contribution in [-0.4, -0.2) is 33.9 Å². The van der Waals surface area contributed by atoms with Gasteiger partial charge in [0.15, 0.2) is 0 Å². The minimum atomic E-state index is -4.45. The van der Waals surface area contributed by atoms with Crippen LogP contribution in [0.5, 0.6) is 0 Å². The number of nitrogens with zero attached hydrogens (tertiary/aromatic N) is 3. The van der Waals surface area contributed by atoms with Crippen molar-refractivity contribution in [1.82, 2.24) is 14.8 Å². The monoisotopic (exact) mass is 422 g/mol. The minimum Gasteiger partial charge on any atom is -0.381 e. The van der Waals surface area contributed by atoms with E-state index in [0.29, 0.717) is 44.9 Å². The lowest BCUT2D eigenvalue weighted by Gasteiger charge is -2.22. The average Bonchev–Trinajstić information content (AvgIpc) is 3.00. The van der Waals surface area contributed by atoms with E-state index in [2.05, 4.69) is 20.1 Å². The van der Waals surface area contributed by atoms with Crippen LogP contribution in [-0.2, 0) is 28.7 Å². The number of rotatable bonds is 3. The lowest BCUT2D eigenvalue weighted by atomic mass is 9.98. The summed E-state index contributed by atoms with van der Waals surface area (Å²) in [5.41, 5.74) is -0.485. The fourth-order valence-corrected chi connectivity index (χ4v) is 4.34. The van der Waals surface area contributed by atoms with Gasteiger partial charge in [-0.1, -0.05) is 6.07 Å². The Morgan fingerprint density at radius 3 is 2.67 bits per heavy atom. The highest BCUT2D eigenvalue weighted by molar-refractivity contribution is 5.93. The lowest BCUT2D eigenvalue weighted by molar-refractivity contribution is -0.138. The molecule has 0 spiro atoms. The molecule has 3 heterocycles. The summed E-state index contributed by atoms with van der Waals surface area (Å²) in [6.07, 6.45) is -0.805. The maximum Gasteiger partial charge on any atom is 0.416 e. The lowest BCUT2D eigenvalue weighted by Crippen LogP contribution is -2.24. The highest BCUT2D eigenvalue weighted by Gasteiger charge is 2.33. The van der Waals surface area contributed by atoms with Gasteiger partial charge in [0, 0.05) is 43.7 Å². The predicted octanol–water partition coefficient (Wildman–Crippen LogP) is 4.09. The third-order valence-electron chi connectivity index (χ3n) is 6.13. The van der Waals surface area contributed by atoms with Gasteiger partial charge >= 0.3 is 6.18 Å². The first-order valence-electron chi connectivity index (χ1n) is 10.3. The number of hydrogen-bond acceptors (Lipinski definition) is 4. The summed E-state index contributed by atoms with van der Waals surface area (Å²) in [6.45, 7) is 3.45. The highest BCUT2D eigenvalue weighted by Crippen LogP contribution is 2.35. The smallest absolute Gasteiger partial charge is 0.381 e. The SMILES string of the molecule is Cc1c(NC(=O)C2CCc3nnc(C4CCOCC4)n3CC2)cccc1C(F)(F)F. The molecule has 1 unspecified atom stereocenters. The number of carbonyl (C=O) groups is 1. The maximum absolute atomic E-state index is 13.1. The molecule has 0 aliphatic carbocycles. The molecule has 0 saturated carbocycles. The molecular weight excluding hydrogens is 397 g/mol. The van der Waals surface area contributed by atoms with E-state index in [4.69, 9.17) is 4.74 Å². The van der Waals surface area contributed by atoms with Crippen LogP contribution >= 0.6 is 0 Å². The molecule has 0 radical (unpaired) electrons. The number of halogens is 3. The number of alkyl halides is 3. The van der Waals surface area contributed by atoms with E-state index in [-0.39, 0.29) is 23.1 Å². The summed E-state index contributed by atoms with van der Waals surface area (Å²) >= 11 is 0. The second-order valence-electron chi connectivity index (χ2n) is 8.00. The first-order valence-corrected chi connectivity index (χ1v) is 10.3. The van der Waals surface area contributed by atoms with Crippen LogP contribution in [0.2, 0.25) is 0 Å². The molecular formula is C21H25F3N4O2. The standard InChI is InChI=1S/C21H25F3N4O2/c1-13-16(21(22,23)24)3-2-4-17(13)25-20(29)15-5-6-18-26-27-19(28(18)10-7-15)14-8-11-30-12-9-14/h2-4,14-15H,5-12H2,1H3,(H,25,29). The van der Waals surface area contributed by atoms with E-state index < -0.39 is 11.7 Å². The predicted molar refractivity (Wildman–Crippen MR) is 104 cm³/mol. The van der Waals surface area contributed by atoms with E-state index in [1.165, 1.54) is 19.1 Å². The van der Waals surface area contributed by atoms with Crippen LogP contribution in [0.1, 0.15) is 54.4 Å². The molecule has 2 aliphatic rings. The van der Waals surface area contributed by atoms with E-state index in [9.17, 15) is 18.0 Å². The largest absolute Gasteiger partial charge is 0.416 e. The van der Waals surface area contributed by atoms with Crippen LogP contribution in [0.25, 0.3) is 0 Å². The van der Waals surface area contributed by atoms with Crippen molar-refractivity contribution < 1.29 is 22.7 Å². The van der Waals surface area contributed by atoms with E-state index in [0.717, 1.165) is 30.6 Å². The Hall–Kier alpha value is -2.42. The first kappa shape index (κ1) is 20.8. The number of carbonyl (C=O) groups excluding carboxylic acids is 1. The van der Waals surface area contributed by atoms with Gasteiger partial charge in [-0.25, -0.2) is 0 Å². The fourth-order valence-electron chi connectivity index (χ4n) is 4.34. The molecule has 1 fully saturated rings. The molecule has 1 saturated heterocycles. The van der Waals surface area contributed by atoms with Crippen molar-refractivity contribution in [3.8, 4) is 0 Å². The van der Waals surface area contributed by atoms with Gasteiger partial charge in [-0.05, 0) is 50.3 Å². The number of nitrogens with one attached hydrogen (secondary N) is 1. The Balaban J connectivity index is 1.45. The molecule has 1 N–H and O–H groups in total. The number of ether oxygens (including phenoxy) is 1. The van der Waals surface area contributed by atoms with Gasteiger partial charge in [0.05, 0.1) is 5.56 Å². The molecule has 1 aromatic heterocycles. The van der Waals surface area contributed by atoms with Crippen LogP contribution in [0.15, 0.2) is 18.2 Å². The summed E-state index contributed by atoms with van der Waals surface area (Å²) in [6, 6.07) is 3.86. The van der Waals surface area contributed by atoms with Crippen molar-refractivity contribution in [3.05, 3.63) is 41.0 Å². The van der Waals surface area contributed by atoms with Crippen molar-refractivity contribution in [2.45, 2.75) is 57.7 Å². The Bertz CT molecular complexity index is 919. The zero-order valence-corrected chi connectivity index (χ0v) is 16.8. The van der Waals surface area contributed by atoms with Gasteiger partial charge in [0.2, 0.25) is 5.91 Å². The highest BCUT2D eigenvalue weighted by atomic mass is 19.4. The van der Waals surface area contributed by atoms with Crippen molar-refractivity contribution >= 4 is 11.6 Å². The summed E-state index contributed by atoms with van der Waals surface area (Å²) < 4.78 is 47.0. The maximum atomic E-state index is 13.1. The van der Waals surface area contributed by atoms with E-state index in [1.54, 1.807) is 0 Å². The zero-order chi connectivity index (χ0) is 21.3. The summed E-state index contributed by atoms with van der Waals surface area (Å²) in [7, 11) is 0. The van der Waals surface area contributed by atoms with E-state index >= 15 is 0 Å². The normalized spacial score (nSPS) is 20.5. The Morgan fingerprint density at radius 2 is 1.93 bits per heavy atom.